The van der Waals surface area contributed by atoms with Crippen LogP contribution in [0.3, 0.4) is 0 Å². The van der Waals surface area contributed by atoms with Crippen molar-refractivity contribution >= 4 is 18.5 Å². The minimum absolute atomic E-state index is 0.0113. The number of amides is 1. The third-order valence-electron chi connectivity index (χ3n) is 3.94. The summed E-state index contributed by atoms with van der Waals surface area (Å²) in [6.45, 7) is 2.65. The van der Waals surface area contributed by atoms with Gasteiger partial charge in [-0.1, -0.05) is 30.3 Å². The second kappa shape index (κ2) is 5.33. The Hall–Kier alpha value is -1.74. The van der Waals surface area contributed by atoms with Crippen LogP contribution in [-0.2, 0) is 6.42 Å². The smallest absolute Gasteiger partial charge is 0.251 e. The number of rotatable bonds is 3. The Morgan fingerprint density at radius 1 is 1.30 bits per heavy atom. The van der Waals surface area contributed by atoms with Crippen LogP contribution >= 0.6 is 12.6 Å². The molecule has 102 valence electrons. The molecule has 0 fully saturated rings. The highest BCUT2D eigenvalue weighted by Crippen LogP contribution is 2.34. The van der Waals surface area contributed by atoms with Gasteiger partial charge in [0.15, 0.2) is 0 Å². The number of hydrogen-bond acceptors (Lipinski definition) is 2. The molecule has 0 aromatic heterocycles. The van der Waals surface area contributed by atoms with Crippen LogP contribution < -0.4 is 5.32 Å². The molecule has 0 heterocycles. The van der Waals surface area contributed by atoms with Crippen molar-refractivity contribution in [1.29, 1.82) is 0 Å². The monoisotopic (exact) mass is 283 g/mol. The van der Waals surface area contributed by atoms with E-state index in [0.29, 0.717) is 18.0 Å². The van der Waals surface area contributed by atoms with Gasteiger partial charge in [0.25, 0.3) is 5.91 Å². The van der Waals surface area contributed by atoms with Gasteiger partial charge in [-0.15, -0.1) is 12.6 Å². The molecule has 0 bridgehead atoms. The normalized spacial score (nSPS) is 16.2. The third-order valence-corrected chi connectivity index (χ3v) is 4.21. The molecule has 0 saturated carbocycles. The van der Waals surface area contributed by atoms with Crippen molar-refractivity contribution < 1.29 is 4.79 Å². The van der Waals surface area contributed by atoms with Crippen LogP contribution in [-0.4, -0.2) is 12.5 Å². The number of benzene rings is 2. The van der Waals surface area contributed by atoms with Crippen LogP contribution in [0, 0.1) is 6.92 Å². The van der Waals surface area contributed by atoms with Crippen LogP contribution in [0.1, 0.15) is 33.0 Å². The minimum Gasteiger partial charge on any atom is -0.351 e. The summed E-state index contributed by atoms with van der Waals surface area (Å²) in [7, 11) is 0. The van der Waals surface area contributed by atoms with E-state index >= 15 is 0 Å². The highest BCUT2D eigenvalue weighted by atomic mass is 32.1. The van der Waals surface area contributed by atoms with E-state index in [1.165, 1.54) is 11.1 Å². The predicted molar refractivity (Wildman–Crippen MR) is 83.7 cm³/mol. The Balaban J connectivity index is 1.65. The molecule has 1 amide bonds. The summed E-state index contributed by atoms with van der Waals surface area (Å²) in [5, 5.41) is 3.04. The summed E-state index contributed by atoms with van der Waals surface area (Å²) in [6.07, 6.45) is 1.06. The first kappa shape index (κ1) is 13.3. The quantitative estimate of drug-likeness (QED) is 0.831. The van der Waals surface area contributed by atoms with Crippen molar-refractivity contribution in [2.75, 3.05) is 6.54 Å². The zero-order valence-electron chi connectivity index (χ0n) is 11.4. The average Bonchev–Trinajstić information content (AvgIpc) is 2.42. The molecule has 1 aliphatic rings. The van der Waals surface area contributed by atoms with Crippen LogP contribution in [0.5, 0.6) is 0 Å². The Bertz CT molecular complexity index is 666. The SMILES string of the molecule is Cc1ccc(S)cc1C(=O)NCC1Cc2ccccc21. The number of aryl methyl sites for hydroxylation is 1. The molecule has 0 aliphatic heterocycles. The Labute approximate surface area is 124 Å². The van der Waals surface area contributed by atoms with Gasteiger partial charge >= 0.3 is 0 Å². The molecule has 2 aromatic carbocycles. The van der Waals surface area contributed by atoms with Crippen molar-refractivity contribution in [2.45, 2.75) is 24.2 Å². The molecule has 0 radical (unpaired) electrons. The minimum atomic E-state index is -0.0113. The lowest BCUT2D eigenvalue weighted by Crippen LogP contribution is -2.33. The first-order valence-electron chi connectivity index (χ1n) is 6.81. The van der Waals surface area contributed by atoms with Crippen molar-refractivity contribution in [3.63, 3.8) is 0 Å². The van der Waals surface area contributed by atoms with E-state index in [9.17, 15) is 4.79 Å². The molecule has 3 heteroatoms. The van der Waals surface area contributed by atoms with Crippen LogP contribution in [0.2, 0.25) is 0 Å². The maximum atomic E-state index is 12.2. The number of carbonyl (C=O) groups excluding carboxylic acids is 1. The number of nitrogens with one attached hydrogen (secondary N) is 1. The summed E-state index contributed by atoms with van der Waals surface area (Å²) in [6, 6.07) is 14.1. The largest absolute Gasteiger partial charge is 0.351 e. The molecule has 20 heavy (non-hydrogen) atoms. The molecule has 1 atom stereocenters. The zero-order chi connectivity index (χ0) is 14.1. The lowest BCUT2D eigenvalue weighted by Gasteiger charge is -2.30. The Kier molecular flexibility index (Phi) is 3.53. The molecular weight excluding hydrogens is 266 g/mol. The maximum absolute atomic E-state index is 12.2. The molecule has 1 aliphatic carbocycles. The van der Waals surface area contributed by atoms with Crippen molar-refractivity contribution in [2.24, 2.45) is 0 Å². The fraction of sp³-hybridized carbons (Fsp3) is 0.235. The van der Waals surface area contributed by atoms with E-state index in [2.05, 4.69) is 42.2 Å². The number of fused-ring (bicyclic) bond motifs is 1. The fourth-order valence-corrected chi connectivity index (χ4v) is 2.91. The van der Waals surface area contributed by atoms with Gasteiger partial charge in [0.2, 0.25) is 0 Å². The molecule has 0 saturated heterocycles. The molecule has 1 unspecified atom stereocenters. The van der Waals surface area contributed by atoms with E-state index in [0.717, 1.165) is 16.9 Å². The molecule has 1 N–H and O–H groups in total. The van der Waals surface area contributed by atoms with E-state index in [4.69, 9.17) is 0 Å². The summed E-state index contributed by atoms with van der Waals surface area (Å²) in [5.74, 6) is 0.442. The van der Waals surface area contributed by atoms with Gasteiger partial charge in [-0.3, -0.25) is 4.79 Å². The van der Waals surface area contributed by atoms with Gasteiger partial charge < -0.3 is 5.32 Å². The molecule has 3 rings (SSSR count). The van der Waals surface area contributed by atoms with Crippen LogP contribution in [0.4, 0.5) is 0 Å². The summed E-state index contributed by atoms with van der Waals surface area (Å²) >= 11 is 4.29. The Morgan fingerprint density at radius 2 is 2.10 bits per heavy atom. The van der Waals surface area contributed by atoms with Crippen molar-refractivity contribution in [1.82, 2.24) is 5.32 Å². The van der Waals surface area contributed by atoms with Crippen molar-refractivity contribution in [3.05, 3.63) is 64.7 Å². The lowest BCUT2D eigenvalue weighted by atomic mass is 9.77. The van der Waals surface area contributed by atoms with Crippen LogP contribution in [0.25, 0.3) is 0 Å². The molecular formula is C17H17NOS. The van der Waals surface area contributed by atoms with Gasteiger partial charge in [0.1, 0.15) is 0 Å². The van der Waals surface area contributed by atoms with E-state index in [1.807, 2.05) is 25.1 Å². The van der Waals surface area contributed by atoms with Gasteiger partial charge in [0, 0.05) is 22.9 Å². The highest BCUT2D eigenvalue weighted by molar-refractivity contribution is 7.80. The summed E-state index contributed by atoms with van der Waals surface area (Å²) in [4.78, 5) is 13.0. The second-order valence-corrected chi connectivity index (χ2v) is 5.83. The topological polar surface area (TPSA) is 29.1 Å². The van der Waals surface area contributed by atoms with Crippen molar-refractivity contribution in [3.8, 4) is 0 Å². The van der Waals surface area contributed by atoms with E-state index in [-0.39, 0.29) is 5.91 Å². The highest BCUT2D eigenvalue weighted by Gasteiger charge is 2.25. The van der Waals surface area contributed by atoms with Crippen LogP contribution in [0.15, 0.2) is 47.4 Å². The first-order valence-corrected chi connectivity index (χ1v) is 7.25. The third kappa shape index (κ3) is 2.46. The number of hydrogen-bond donors (Lipinski definition) is 2. The lowest BCUT2D eigenvalue weighted by molar-refractivity contribution is 0.0949. The number of thiol groups is 1. The maximum Gasteiger partial charge on any atom is 0.251 e. The second-order valence-electron chi connectivity index (χ2n) is 5.31. The van der Waals surface area contributed by atoms with Gasteiger partial charge in [-0.25, -0.2) is 0 Å². The van der Waals surface area contributed by atoms with Gasteiger partial charge in [0.05, 0.1) is 0 Å². The summed E-state index contributed by atoms with van der Waals surface area (Å²) in [5.41, 5.74) is 4.46. The van der Waals surface area contributed by atoms with E-state index < -0.39 is 0 Å². The molecule has 0 spiro atoms. The summed E-state index contributed by atoms with van der Waals surface area (Å²) < 4.78 is 0. The molecule has 2 aromatic rings. The standard InChI is InChI=1S/C17H17NOS/c1-11-6-7-14(20)9-16(11)17(19)18-10-13-8-12-4-2-3-5-15(12)13/h2-7,9,13,20H,8,10H2,1H3,(H,18,19). The first-order chi connectivity index (χ1) is 9.65. The predicted octanol–water partition coefficient (Wildman–Crippen LogP) is 3.35. The molecule has 2 nitrogen and oxygen atoms in total. The fourth-order valence-electron chi connectivity index (χ4n) is 2.71. The van der Waals surface area contributed by atoms with E-state index in [1.54, 1.807) is 0 Å². The zero-order valence-corrected chi connectivity index (χ0v) is 12.3. The van der Waals surface area contributed by atoms with Gasteiger partial charge in [-0.05, 0) is 42.2 Å². The number of carbonyl (C=O) groups is 1. The average molecular weight is 283 g/mol. The Morgan fingerprint density at radius 3 is 2.90 bits per heavy atom. The van der Waals surface area contributed by atoms with Gasteiger partial charge in [-0.2, -0.15) is 0 Å².